The summed E-state index contributed by atoms with van der Waals surface area (Å²) in [6.45, 7) is 2.71. The maximum Gasteiger partial charge on any atom is 0.205 e. The van der Waals surface area contributed by atoms with Crippen LogP contribution in [0, 0.1) is 0 Å². The lowest BCUT2D eigenvalue weighted by molar-refractivity contribution is 0.201. The fraction of sp³-hybridized carbons (Fsp3) is 0.615. The zero-order chi connectivity index (χ0) is 13.8. The van der Waals surface area contributed by atoms with Crippen LogP contribution >= 0.6 is 11.5 Å². The highest BCUT2D eigenvalue weighted by atomic mass is 32.1. The van der Waals surface area contributed by atoms with Crippen LogP contribution in [0.5, 0.6) is 0 Å². The Kier molecular flexibility index (Phi) is 4.27. The second-order valence-corrected chi connectivity index (χ2v) is 5.72. The van der Waals surface area contributed by atoms with Gasteiger partial charge in [-0.25, -0.2) is 9.97 Å². The molecule has 0 aromatic carbocycles. The Bertz CT molecular complexity index is 527. The van der Waals surface area contributed by atoms with Crippen LogP contribution in [0.25, 0.3) is 0 Å². The van der Waals surface area contributed by atoms with Gasteiger partial charge in [-0.2, -0.15) is 4.37 Å². The van der Waals surface area contributed by atoms with E-state index in [1.165, 1.54) is 24.4 Å². The SMILES string of the molecule is COCCc1nsc(N2CCCC2Cn2ccnc2)n1. The van der Waals surface area contributed by atoms with Crippen molar-refractivity contribution >= 4 is 16.7 Å². The minimum Gasteiger partial charge on any atom is -0.384 e. The van der Waals surface area contributed by atoms with Crippen LogP contribution in [0.15, 0.2) is 18.7 Å². The molecule has 3 rings (SSSR count). The number of hydrogen-bond donors (Lipinski definition) is 0. The molecule has 20 heavy (non-hydrogen) atoms. The average molecular weight is 293 g/mol. The van der Waals surface area contributed by atoms with Gasteiger partial charge in [0.1, 0.15) is 5.82 Å². The molecule has 0 radical (unpaired) electrons. The van der Waals surface area contributed by atoms with Crippen molar-refractivity contribution in [2.75, 3.05) is 25.2 Å². The van der Waals surface area contributed by atoms with Gasteiger partial charge in [0.15, 0.2) is 0 Å². The van der Waals surface area contributed by atoms with E-state index >= 15 is 0 Å². The maximum absolute atomic E-state index is 5.07. The molecule has 2 aromatic heterocycles. The highest BCUT2D eigenvalue weighted by Crippen LogP contribution is 2.28. The second-order valence-electron chi connectivity index (χ2n) is 4.98. The fourth-order valence-corrected chi connectivity index (χ4v) is 3.38. The lowest BCUT2D eigenvalue weighted by Gasteiger charge is -2.23. The van der Waals surface area contributed by atoms with Gasteiger partial charge < -0.3 is 14.2 Å². The molecule has 6 nitrogen and oxygen atoms in total. The summed E-state index contributed by atoms with van der Waals surface area (Å²) in [5.74, 6) is 0.889. The Hall–Kier alpha value is -1.47. The molecule has 0 spiro atoms. The van der Waals surface area contributed by atoms with Gasteiger partial charge in [-0.15, -0.1) is 0 Å². The number of imidazole rings is 1. The fourth-order valence-electron chi connectivity index (χ4n) is 2.57. The summed E-state index contributed by atoms with van der Waals surface area (Å²) in [6.07, 6.45) is 8.92. The van der Waals surface area contributed by atoms with E-state index < -0.39 is 0 Å². The van der Waals surface area contributed by atoms with Crippen molar-refractivity contribution in [2.45, 2.75) is 31.8 Å². The van der Waals surface area contributed by atoms with Gasteiger partial charge in [-0.3, -0.25) is 0 Å². The predicted octanol–water partition coefficient (Wildman–Crippen LogP) is 1.59. The third-order valence-electron chi connectivity index (χ3n) is 3.59. The van der Waals surface area contributed by atoms with Gasteiger partial charge in [-0.05, 0) is 12.8 Å². The molecular weight excluding hydrogens is 274 g/mol. The van der Waals surface area contributed by atoms with E-state index in [2.05, 4.69) is 23.8 Å². The van der Waals surface area contributed by atoms with Crippen molar-refractivity contribution in [3.05, 3.63) is 24.5 Å². The zero-order valence-electron chi connectivity index (χ0n) is 11.6. The first-order chi connectivity index (χ1) is 9.86. The predicted molar refractivity (Wildman–Crippen MR) is 78.1 cm³/mol. The molecule has 0 amide bonds. The standard InChI is InChI=1S/C13H19N5OS/c1-19-8-4-12-15-13(20-16-12)18-6-2-3-11(18)9-17-7-5-14-10-17/h5,7,10-11H,2-4,6,8-9H2,1H3. The maximum atomic E-state index is 5.07. The molecule has 0 bridgehead atoms. The van der Waals surface area contributed by atoms with E-state index in [0.717, 1.165) is 30.5 Å². The van der Waals surface area contributed by atoms with Crippen LogP contribution in [-0.2, 0) is 17.7 Å². The number of ether oxygens (including phenoxy) is 1. The van der Waals surface area contributed by atoms with Gasteiger partial charge in [-0.1, -0.05) is 0 Å². The molecule has 1 aliphatic rings. The Morgan fingerprint density at radius 3 is 3.25 bits per heavy atom. The van der Waals surface area contributed by atoms with E-state index in [-0.39, 0.29) is 0 Å². The number of aromatic nitrogens is 4. The molecule has 0 aliphatic carbocycles. The quantitative estimate of drug-likeness (QED) is 0.809. The minimum absolute atomic E-state index is 0.493. The van der Waals surface area contributed by atoms with E-state index in [1.807, 2.05) is 18.7 Å². The lowest BCUT2D eigenvalue weighted by Crippen LogP contribution is -2.32. The van der Waals surface area contributed by atoms with Crippen LogP contribution < -0.4 is 4.90 Å². The van der Waals surface area contributed by atoms with Crippen LogP contribution in [-0.4, -0.2) is 45.2 Å². The van der Waals surface area contributed by atoms with Gasteiger partial charge >= 0.3 is 0 Å². The minimum atomic E-state index is 0.493. The van der Waals surface area contributed by atoms with Crippen LogP contribution in [0.4, 0.5) is 5.13 Å². The van der Waals surface area contributed by atoms with E-state index in [4.69, 9.17) is 4.74 Å². The molecule has 3 heterocycles. The van der Waals surface area contributed by atoms with Crippen LogP contribution in [0.2, 0.25) is 0 Å². The number of methoxy groups -OCH3 is 1. The summed E-state index contributed by atoms with van der Waals surface area (Å²) >= 11 is 1.50. The average Bonchev–Trinajstić information content (AvgIpc) is 3.18. The lowest BCUT2D eigenvalue weighted by atomic mass is 10.2. The highest BCUT2D eigenvalue weighted by molar-refractivity contribution is 7.09. The number of anilines is 1. The summed E-state index contributed by atoms with van der Waals surface area (Å²) in [5.41, 5.74) is 0. The van der Waals surface area contributed by atoms with Gasteiger partial charge in [0, 0.05) is 56.6 Å². The van der Waals surface area contributed by atoms with Gasteiger partial charge in [0.25, 0.3) is 0 Å². The third-order valence-corrected chi connectivity index (χ3v) is 4.38. The Morgan fingerprint density at radius 1 is 1.50 bits per heavy atom. The van der Waals surface area contributed by atoms with Crippen LogP contribution in [0.1, 0.15) is 18.7 Å². The van der Waals surface area contributed by atoms with E-state index in [9.17, 15) is 0 Å². The van der Waals surface area contributed by atoms with Gasteiger partial charge in [0.2, 0.25) is 5.13 Å². The highest BCUT2D eigenvalue weighted by Gasteiger charge is 2.27. The number of hydrogen-bond acceptors (Lipinski definition) is 6. The normalized spacial score (nSPS) is 18.9. The molecule has 2 aromatic rings. The van der Waals surface area contributed by atoms with Crippen molar-refractivity contribution in [2.24, 2.45) is 0 Å². The zero-order valence-corrected chi connectivity index (χ0v) is 12.4. The van der Waals surface area contributed by atoms with E-state index in [1.54, 1.807) is 7.11 Å². The third kappa shape index (κ3) is 2.99. The Labute approximate surface area is 122 Å². The molecule has 1 aliphatic heterocycles. The molecule has 1 unspecified atom stereocenters. The van der Waals surface area contributed by atoms with Crippen molar-refractivity contribution in [1.82, 2.24) is 18.9 Å². The Morgan fingerprint density at radius 2 is 2.45 bits per heavy atom. The van der Waals surface area contributed by atoms with Crippen LogP contribution in [0.3, 0.4) is 0 Å². The molecule has 1 atom stereocenters. The van der Waals surface area contributed by atoms with Gasteiger partial charge in [0.05, 0.1) is 12.9 Å². The van der Waals surface area contributed by atoms with Crippen molar-refractivity contribution < 1.29 is 4.74 Å². The monoisotopic (exact) mass is 293 g/mol. The van der Waals surface area contributed by atoms with E-state index in [0.29, 0.717) is 12.6 Å². The second kappa shape index (κ2) is 6.32. The number of nitrogens with zero attached hydrogens (tertiary/aromatic N) is 5. The summed E-state index contributed by atoms with van der Waals surface area (Å²) in [5, 5.41) is 1.04. The molecular formula is C13H19N5OS. The van der Waals surface area contributed by atoms with Crippen molar-refractivity contribution in [3.63, 3.8) is 0 Å². The van der Waals surface area contributed by atoms with Crippen molar-refractivity contribution in [3.8, 4) is 0 Å². The molecule has 1 saturated heterocycles. The molecule has 7 heteroatoms. The molecule has 0 N–H and O–H groups in total. The molecule has 0 saturated carbocycles. The first kappa shape index (κ1) is 13.5. The smallest absolute Gasteiger partial charge is 0.205 e. The first-order valence-corrected chi connectivity index (χ1v) is 7.68. The summed E-state index contributed by atoms with van der Waals surface area (Å²) in [6, 6.07) is 0.493. The molecule has 108 valence electrons. The molecule has 1 fully saturated rings. The first-order valence-electron chi connectivity index (χ1n) is 6.90. The summed E-state index contributed by atoms with van der Waals surface area (Å²) in [7, 11) is 1.70. The topological polar surface area (TPSA) is 56.1 Å². The largest absolute Gasteiger partial charge is 0.384 e. The number of rotatable bonds is 6. The summed E-state index contributed by atoms with van der Waals surface area (Å²) in [4.78, 5) is 11.1. The summed E-state index contributed by atoms with van der Waals surface area (Å²) < 4.78 is 11.6. The van der Waals surface area contributed by atoms with Crippen molar-refractivity contribution in [1.29, 1.82) is 0 Å². The Balaban J connectivity index is 1.66.